The molecule has 0 atom stereocenters. The van der Waals surface area contributed by atoms with Crippen molar-refractivity contribution in [1.82, 2.24) is 0 Å². The number of carbonyl (C=O) groups excluding carboxylic acids is 1. The molecule has 0 fully saturated rings. The van der Waals surface area contributed by atoms with Gasteiger partial charge >= 0.3 is 0 Å². The lowest BCUT2D eigenvalue weighted by atomic mass is 10.2. The Labute approximate surface area is 126 Å². The lowest BCUT2D eigenvalue weighted by Gasteiger charge is -2.10. The summed E-state index contributed by atoms with van der Waals surface area (Å²) in [6, 6.07) is 15.9. The van der Waals surface area contributed by atoms with Crippen LogP contribution in [0.4, 0.5) is 5.69 Å². The quantitative estimate of drug-likeness (QED) is 0.471. The van der Waals surface area contributed by atoms with Gasteiger partial charge in [-0.2, -0.15) is 0 Å². The summed E-state index contributed by atoms with van der Waals surface area (Å²) in [6.07, 6.45) is 1.38. The number of aldehydes is 1. The normalized spacial score (nSPS) is 10.2. The van der Waals surface area contributed by atoms with Crippen molar-refractivity contribution in [3.63, 3.8) is 0 Å². The van der Waals surface area contributed by atoms with Crippen LogP contribution in [-0.2, 0) is 16.1 Å². The second kappa shape index (κ2) is 7.99. The average Bonchev–Trinajstić information content (AvgIpc) is 2.48. The molecule has 2 aromatic carbocycles. The van der Waals surface area contributed by atoms with Crippen molar-refractivity contribution < 1.29 is 9.63 Å². The molecule has 104 valence electrons. The minimum atomic E-state index is 0.446. The van der Waals surface area contributed by atoms with Crippen LogP contribution in [0.3, 0.4) is 0 Å². The zero-order valence-electron chi connectivity index (χ0n) is 11.0. The van der Waals surface area contributed by atoms with Crippen LogP contribution < -0.4 is 5.48 Å². The van der Waals surface area contributed by atoms with Gasteiger partial charge in [0.1, 0.15) is 6.29 Å². The number of anilines is 1. The van der Waals surface area contributed by atoms with Crippen molar-refractivity contribution in [2.75, 3.05) is 12.6 Å². The molecule has 0 amide bonds. The maximum absolute atomic E-state index is 10.7. The molecule has 3 nitrogen and oxygen atoms in total. The molecule has 5 heteroatoms. The molecule has 0 aliphatic carbocycles. The van der Waals surface area contributed by atoms with E-state index in [4.69, 9.17) is 4.84 Å². The highest BCUT2D eigenvalue weighted by Gasteiger charge is 2.06. The van der Waals surface area contributed by atoms with Crippen LogP contribution in [0, 0.1) is 0 Å². The van der Waals surface area contributed by atoms with Gasteiger partial charge in [-0.3, -0.25) is 10.3 Å². The van der Waals surface area contributed by atoms with Gasteiger partial charge < -0.3 is 4.79 Å². The van der Waals surface area contributed by atoms with Crippen molar-refractivity contribution in [2.24, 2.45) is 0 Å². The molecule has 0 saturated heterocycles. The van der Waals surface area contributed by atoms with Gasteiger partial charge in [0.25, 0.3) is 0 Å². The molecule has 0 saturated carbocycles. The summed E-state index contributed by atoms with van der Waals surface area (Å²) < 4.78 is 0. The number of rotatable bonds is 7. The SMILES string of the molecule is CONc1ccccc1SSc1ccccc1CC=O. The van der Waals surface area contributed by atoms with E-state index < -0.39 is 0 Å². The molecule has 0 unspecified atom stereocenters. The molecule has 0 radical (unpaired) electrons. The molecule has 0 aliphatic rings. The van der Waals surface area contributed by atoms with Crippen LogP contribution in [0.2, 0.25) is 0 Å². The summed E-state index contributed by atoms with van der Waals surface area (Å²) in [7, 11) is 4.87. The van der Waals surface area contributed by atoms with Gasteiger partial charge in [0.15, 0.2) is 0 Å². The molecule has 0 bridgehead atoms. The van der Waals surface area contributed by atoms with Crippen LogP contribution in [0.5, 0.6) is 0 Å². The molecule has 2 aromatic rings. The summed E-state index contributed by atoms with van der Waals surface area (Å²) in [5.74, 6) is 0. The van der Waals surface area contributed by atoms with Crippen LogP contribution >= 0.6 is 21.6 Å². The lowest BCUT2D eigenvalue weighted by Crippen LogP contribution is -1.96. The Balaban J connectivity index is 2.11. The molecule has 0 aromatic heterocycles. The van der Waals surface area contributed by atoms with Gasteiger partial charge in [-0.15, -0.1) is 0 Å². The van der Waals surface area contributed by atoms with Gasteiger partial charge in [-0.05, 0) is 23.8 Å². The number of nitrogens with one attached hydrogen (secondary N) is 1. The minimum Gasteiger partial charge on any atom is -0.303 e. The zero-order valence-corrected chi connectivity index (χ0v) is 12.7. The maximum atomic E-state index is 10.7. The third-order valence-corrected chi connectivity index (χ3v) is 5.12. The predicted molar refractivity (Wildman–Crippen MR) is 85.0 cm³/mol. The second-order valence-corrected chi connectivity index (χ2v) is 6.16. The molecule has 0 heterocycles. The van der Waals surface area contributed by atoms with Gasteiger partial charge in [-0.25, -0.2) is 0 Å². The maximum Gasteiger partial charge on any atom is 0.124 e. The van der Waals surface area contributed by atoms with E-state index in [0.29, 0.717) is 6.42 Å². The average molecular weight is 305 g/mol. The largest absolute Gasteiger partial charge is 0.303 e. The molecule has 0 spiro atoms. The van der Waals surface area contributed by atoms with E-state index in [0.717, 1.165) is 27.3 Å². The third kappa shape index (κ3) is 4.03. The molecule has 20 heavy (non-hydrogen) atoms. The van der Waals surface area contributed by atoms with Gasteiger partial charge in [0, 0.05) is 16.2 Å². The van der Waals surface area contributed by atoms with Gasteiger partial charge in [-0.1, -0.05) is 51.9 Å². The van der Waals surface area contributed by atoms with E-state index in [2.05, 4.69) is 5.48 Å². The van der Waals surface area contributed by atoms with Crippen LogP contribution in [0.1, 0.15) is 5.56 Å². The Morgan fingerprint density at radius 3 is 2.45 bits per heavy atom. The molecule has 0 aliphatic heterocycles. The highest BCUT2D eigenvalue weighted by Crippen LogP contribution is 2.41. The topological polar surface area (TPSA) is 38.3 Å². The first-order valence-corrected chi connectivity index (χ1v) is 8.24. The summed E-state index contributed by atoms with van der Waals surface area (Å²) in [6.45, 7) is 0. The van der Waals surface area contributed by atoms with Gasteiger partial charge in [0.2, 0.25) is 0 Å². The first kappa shape index (κ1) is 15.0. The summed E-state index contributed by atoms with van der Waals surface area (Å²) in [5, 5.41) is 0. The van der Waals surface area contributed by atoms with Crippen molar-refractivity contribution in [1.29, 1.82) is 0 Å². The fourth-order valence-electron chi connectivity index (χ4n) is 1.67. The molecular formula is C15H15NO2S2. The minimum absolute atomic E-state index is 0.446. The molecular weight excluding hydrogens is 290 g/mol. The summed E-state index contributed by atoms with van der Waals surface area (Å²) >= 11 is 0. The van der Waals surface area contributed by atoms with E-state index in [1.807, 2.05) is 48.5 Å². The van der Waals surface area contributed by atoms with Crippen LogP contribution in [-0.4, -0.2) is 13.4 Å². The first-order valence-electron chi connectivity index (χ1n) is 6.09. The number of benzene rings is 2. The fraction of sp³-hybridized carbons (Fsp3) is 0.133. The van der Waals surface area contributed by atoms with Crippen LogP contribution in [0.15, 0.2) is 58.3 Å². The Kier molecular flexibility index (Phi) is 5.98. The third-order valence-electron chi connectivity index (χ3n) is 2.60. The number of hydrogen-bond donors (Lipinski definition) is 1. The van der Waals surface area contributed by atoms with E-state index >= 15 is 0 Å². The number of para-hydroxylation sites is 1. The van der Waals surface area contributed by atoms with Crippen molar-refractivity contribution in [3.8, 4) is 0 Å². The second-order valence-electron chi connectivity index (χ2n) is 3.95. The smallest absolute Gasteiger partial charge is 0.124 e. The molecule has 1 N–H and O–H groups in total. The standard InChI is InChI=1S/C15H15NO2S2/c1-18-16-13-7-3-5-9-15(13)20-19-14-8-4-2-6-12(14)10-11-17/h2-9,11,16H,10H2,1H3. The van der Waals surface area contributed by atoms with E-state index in [1.54, 1.807) is 28.7 Å². The summed E-state index contributed by atoms with van der Waals surface area (Å²) in [4.78, 5) is 17.9. The Morgan fingerprint density at radius 2 is 1.70 bits per heavy atom. The zero-order chi connectivity index (χ0) is 14.2. The number of carbonyl (C=O) groups is 1. The Morgan fingerprint density at radius 1 is 1.05 bits per heavy atom. The highest BCUT2D eigenvalue weighted by atomic mass is 33.1. The molecule has 2 rings (SSSR count). The summed E-state index contributed by atoms with van der Waals surface area (Å²) in [5.41, 5.74) is 4.85. The van der Waals surface area contributed by atoms with Crippen LogP contribution in [0.25, 0.3) is 0 Å². The first-order chi connectivity index (χ1) is 9.85. The predicted octanol–water partition coefficient (Wildman–Crippen LogP) is 4.20. The lowest BCUT2D eigenvalue weighted by molar-refractivity contribution is -0.107. The Bertz CT molecular complexity index is 575. The van der Waals surface area contributed by atoms with E-state index in [9.17, 15) is 4.79 Å². The van der Waals surface area contributed by atoms with Crippen molar-refractivity contribution >= 4 is 33.6 Å². The van der Waals surface area contributed by atoms with Crippen molar-refractivity contribution in [3.05, 3.63) is 54.1 Å². The monoisotopic (exact) mass is 305 g/mol. The highest BCUT2D eigenvalue weighted by molar-refractivity contribution is 8.76. The van der Waals surface area contributed by atoms with E-state index in [1.165, 1.54) is 0 Å². The number of hydrogen-bond acceptors (Lipinski definition) is 5. The Hall–Kier alpha value is -1.43. The fourth-order valence-corrected chi connectivity index (χ4v) is 4.04. The van der Waals surface area contributed by atoms with Gasteiger partial charge in [0.05, 0.1) is 12.8 Å². The van der Waals surface area contributed by atoms with Crippen molar-refractivity contribution in [2.45, 2.75) is 16.2 Å². The van der Waals surface area contributed by atoms with E-state index in [-0.39, 0.29) is 0 Å².